The molecule has 0 saturated heterocycles. The summed E-state index contributed by atoms with van der Waals surface area (Å²) in [6.07, 6.45) is 0.705. The zero-order valence-electron chi connectivity index (χ0n) is 11.6. The van der Waals surface area contributed by atoms with Crippen molar-refractivity contribution < 1.29 is 0 Å². The largest absolute Gasteiger partial charge is 0.130 e. The normalized spacial score (nSPS) is 9.42. The van der Waals surface area contributed by atoms with Crippen LogP contribution < -0.4 is 0 Å². The lowest BCUT2D eigenvalue weighted by atomic mass is 10.1. The SMILES string of the molecule is C[Si](C)(C)C#CC#Cc1ccccc1CCN=[N+]=[N-]. The molecule has 1 rings (SSSR count). The maximum atomic E-state index is 8.28. The van der Waals surface area contributed by atoms with Gasteiger partial charge in [0, 0.05) is 17.0 Å². The predicted molar refractivity (Wildman–Crippen MR) is 82.2 cm³/mol. The van der Waals surface area contributed by atoms with Crippen molar-refractivity contribution in [1.29, 1.82) is 0 Å². The Bertz CT molecular complexity index is 600. The van der Waals surface area contributed by atoms with Crippen LogP contribution in [0.15, 0.2) is 29.4 Å². The van der Waals surface area contributed by atoms with Gasteiger partial charge in [0.15, 0.2) is 0 Å². The van der Waals surface area contributed by atoms with Crippen LogP contribution in [0.2, 0.25) is 19.6 Å². The van der Waals surface area contributed by atoms with Crippen LogP contribution in [0.4, 0.5) is 0 Å². The summed E-state index contributed by atoms with van der Waals surface area (Å²) >= 11 is 0. The summed E-state index contributed by atoms with van der Waals surface area (Å²) in [5.41, 5.74) is 13.5. The molecule has 0 aromatic heterocycles. The molecule has 1 aromatic carbocycles. The highest BCUT2D eigenvalue weighted by molar-refractivity contribution is 6.83. The molecule has 0 spiro atoms. The summed E-state index contributed by atoms with van der Waals surface area (Å²) < 4.78 is 0. The fourth-order valence-electron chi connectivity index (χ4n) is 1.39. The molecule has 0 aliphatic rings. The molecule has 0 fully saturated rings. The minimum atomic E-state index is -1.35. The topological polar surface area (TPSA) is 48.8 Å². The molecule has 0 bridgehead atoms. The van der Waals surface area contributed by atoms with Crippen molar-refractivity contribution in [3.63, 3.8) is 0 Å². The number of hydrogen-bond donors (Lipinski definition) is 0. The Morgan fingerprint density at radius 2 is 1.95 bits per heavy atom. The lowest BCUT2D eigenvalue weighted by molar-refractivity contribution is 0.953. The van der Waals surface area contributed by atoms with Crippen LogP contribution in [-0.2, 0) is 6.42 Å². The first kappa shape index (κ1) is 14.9. The third-order valence-corrected chi connectivity index (χ3v) is 3.13. The van der Waals surface area contributed by atoms with Gasteiger partial charge in [-0.25, -0.2) is 0 Å². The van der Waals surface area contributed by atoms with Gasteiger partial charge in [0.2, 0.25) is 0 Å². The summed E-state index contributed by atoms with van der Waals surface area (Å²) in [6, 6.07) is 7.88. The zero-order valence-corrected chi connectivity index (χ0v) is 12.6. The molecular weight excluding hydrogens is 250 g/mol. The molecular formula is C15H17N3Si. The van der Waals surface area contributed by atoms with Gasteiger partial charge in [0.25, 0.3) is 0 Å². The molecule has 1 aromatic rings. The smallest absolute Gasteiger partial charge is 0.118 e. The maximum absolute atomic E-state index is 8.28. The Kier molecular flexibility index (Phi) is 5.76. The number of benzene rings is 1. The van der Waals surface area contributed by atoms with E-state index in [2.05, 4.69) is 53.0 Å². The molecule has 0 heterocycles. The average Bonchev–Trinajstić information content (AvgIpc) is 2.35. The first-order valence-corrected chi connectivity index (χ1v) is 9.65. The first-order chi connectivity index (χ1) is 9.03. The van der Waals surface area contributed by atoms with Gasteiger partial charge < -0.3 is 0 Å². The van der Waals surface area contributed by atoms with Crippen LogP contribution in [0.1, 0.15) is 11.1 Å². The number of rotatable bonds is 3. The Morgan fingerprint density at radius 1 is 1.21 bits per heavy atom. The number of nitrogens with zero attached hydrogens (tertiary/aromatic N) is 3. The van der Waals surface area contributed by atoms with Crippen molar-refractivity contribution in [3.05, 3.63) is 45.8 Å². The molecule has 0 atom stereocenters. The van der Waals surface area contributed by atoms with Crippen LogP contribution in [-0.4, -0.2) is 14.6 Å². The fraction of sp³-hybridized carbons (Fsp3) is 0.333. The minimum absolute atomic E-state index is 0.454. The molecule has 0 N–H and O–H groups in total. The van der Waals surface area contributed by atoms with Crippen LogP contribution in [0, 0.1) is 23.3 Å². The van der Waals surface area contributed by atoms with Crippen LogP contribution in [0.5, 0.6) is 0 Å². The van der Waals surface area contributed by atoms with E-state index >= 15 is 0 Å². The van der Waals surface area contributed by atoms with Crippen molar-refractivity contribution in [2.45, 2.75) is 26.1 Å². The molecule has 96 valence electrons. The van der Waals surface area contributed by atoms with E-state index in [9.17, 15) is 0 Å². The van der Waals surface area contributed by atoms with Crippen molar-refractivity contribution in [1.82, 2.24) is 0 Å². The van der Waals surface area contributed by atoms with E-state index in [1.807, 2.05) is 24.3 Å². The average molecular weight is 267 g/mol. The molecule has 0 unspecified atom stereocenters. The molecule has 0 saturated carbocycles. The van der Waals surface area contributed by atoms with Crippen molar-refractivity contribution in [3.8, 4) is 23.3 Å². The highest BCUT2D eigenvalue weighted by atomic mass is 28.3. The van der Waals surface area contributed by atoms with Crippen molar-refractivity contribution in [2.75, 3.05) is 6.54 Å². The van der Waals surface area contributed by atoms with Gasteiger partial charge in [-0.1, -0.05) is 48.9 Å². The summed E-state index contributed by atoms with van der Waals surface area (Å²) in [4.78, 5) is 2.75. The quantitative estimate of drug-likeness (QED) is 0.263. The first-order valence-electron chi connectivity index (χ1n) is 6.15. The van der Waals surface area contributed by atoms with Crippen LogP contribution in [0.25, 0.3) is 10.4 Å². The highest BCUT2D eigenvalue weighted by Gasteiger charge is 2.06. The van der Waals surface area contributed by atoms with E-state index in [0.717, 1.165) is 11.1 Å². The van der Waals surface area contributed by atoms with E-state index in [4.69, 9.17) is 5.53 Å². The lowest BCUT2D eigenvalue weighted by Gasteiger charge is -2.02. The van der Waals surface area contributed by atoms with Gasteiger partial charge in [0.05, 0.1) is 0 Å². The van der Waals surface area contributed by atoms with Gasteiger partial charge in [-0.15, -0.1) is 5.54 Å². The summed E-state index contributed by atoms with van der Waals surface area (Å²) in [5.74, 6) is 8.92. The van der Waals surface area contributed by atoms with Crippen LogP contribution >= 0.6 is 0 Å². The zero-order chi connectivity index (χ0) is 14.1. The minimum Gasteiger partial charge on any atom is -0.118 e. The standard InChI is InChI=1S/C15H17N3Si/c1-19(2,3)13-7-6-10-14-8-4-5-9-15(14)11-12-17-18-16/h4-5,8-9H,11-12H2,1-3H3. The third kappa shape index (κ3) is 6.38. The van der Waals surface area contributed by atoms with Gasteiger partial charge >= 0.3 is 0 Å². The molecule has 4 heteroatoms. The summed E-state index contributed by atoms with van der Waals surface area (Å²) in [5, 5.41) is 3.55. The van der Waals surface area contributed by atoms with Crippen molar-refractivity contribution in [2.24, 2.45) is 5.11 Å². The molecule has 0 radical (unpaired) electrons. The van der Waals surface area contributed by atoms with E-state index in [1.54, 1.807) is 0 Å². The summed E-state index contributed by atoms with van der Waals surface area (Å²) in [6.45, 7) is 7.02. The predicted octanol–water partition coefficient (Wildman–Crippen LogP) is 3.77. The Morgan fingerprint density at radius 3 is 2.63 bits per heavy atom. The maximum Gasteiger partial charge on any atom is 0.130 e. The second kappa shape index (κ2) is 7.33. The number of hydrogen-bond acceptors (Lipinski definition) is 1. The molecule has 0 aliphatic carbocycles. The van der Waals surface area contributed by atoms with Crippen molar-refractivity contribution >= 4 is 8.07 Å². The Hall–Kier alpha value is -2.13. The van der Waals surface area contributed by atoms with E-state index in [-0.39, 0.29) is 0 Å². The molecule has 0 aliphatic heterocycles. The second-order valence-corrected chi connectivity index (χ2v) is 9.86. The molecule has 0 amide bonds. The van der Waals surface area contributed by atoms with E-state index in [0.29, 0.717) is 13.0 Å². The van der Waals surface area contributed by atoms with Gasteiger partial charge in [-0.2, -0.15) is 0 Å². The molecule has 3 nitrogen and oxygen atoms in total. The lowest BCUT2D eigenvalue weighted by Crippen LogP contribution is -2.16. The second-order valence-electron chi connectivity index (χ2n) is 5.11. The Balaban J connectivity index is 2.86. The highest BCUT2D eigenvalue weighted by Crippen LogP contribution is 2.08. The summed E-state index contributed by atoms with van der Waals surface area (Å²) in [7, 11) is -1.35. The van der Waals surface area contributed by atoms with E-state index < -0.39 is 8.07 Å². The van der Waals surface area contributed by atoms with Gasteiger partial charge in [0.1, 0.15) is 8.07 Å². The van der Waals surface area contributed by atoms with Crippen LogP contribution in [0.3, 0.4) is 0 Å². The molecule has 19 heavy (non-hydrogen) atoms. The monoisotopic (exact) mass is 267 g/mol. The van der Waals surface area contributed by atoms with E-state index in [1.165, 1.54) is 0 Å². The number of azide groups is 1. The third-order valence-electron chi connectivity index (χ3n) is 2.26. The van der Waals surface area contributed by atoms with Gasteiger partial charge in [-0.05, 0) is 35.4 Å². The van der Waals surface area contributed by atoms with Gasteiger partial charge in [-0.3, -0.25) is 0 Å². The fourth-order valence-corrected chi connectivity index (χ4v) is 1.83. The Labute approximate surface area is 115 Å².